The van der Waals surface area contributed by atoms with Crippen molar-refractivity contribution in [3.63, 3.8) is 0 Å². The van der Waals surface area contributed by atoms with E-state index in [-0.39, 0.29) is 24.2 Å². The fraction of sp³-hybridized carbons (Fsp3) is 0.286. The molecule has 30 heavy (non-hydrogen) atoms. The molecule has 0 saturated carbocycles. The van der Waals surface area contributed by atoms with Gasteiger partial charge in [-0.3, -0.25) is 14.6 Å². The number of nitrogens with zero attached hydrogens (tertiary/aromatic N) is 4. The van der Waals surface area contributed by atoms with Gasteiger partial charge in [-0.15, -0.1) is 11.3 Å². The van der Waals surface area contributed by atoms with Crippen molar-refractivity contribution in [1.29, 1.82) is 0 Å². The lowest BCUT2D eigenvalue weighted by atomic mass is 9.96. The van der Waals surface area contributed by atoms with E-state index in [1.807, 2.05) is 23.6 Å². The Labute approximate surface area is 186 Å². The molecule has 4 heterocycles. The van der Waals surface area contributed by atoms with Gasteiger partial charge in [-0.2, -0.15) is 0 Å². The van der Waals surface area contributed by atoms with Crippen molar-refractivity contribution in [2.24, 2.45) is 5.92 Å². The number of likely N-dealkylation sites (tertiary alicyclic amines) is 1. The maximum atomic E-state index is 12.8. The number of carbonyl (C=O) groups is 2. The first kappa shape index (κ1) is 20.6. The summed E-state index contributed by atoms with van der Waals surface area (Å²) in [5, 5.41) is 5.61. The Balaban J connectivity index is 1.35. The predicted octanol–water partition coefficient (Wildman–Crippen LogP) is 3.78. The van der Waals surface area contributed by atoms with Crippen molar-refractivity contribution in [1.82, 2.24) is 19.9 Å². The topological polar surface area (TPSA) is 88.1 Å². The molecule has 0 bridgehead atoms. The average Bonchev–Trinajstić information content (AvgIpc) is 3.24. The van der Waals surface area contributed by atoms with Crippen LogP contribution in [0.5, 0.6) is 0 Å². The van der Waals surface area contributed by atoms with Gasteiger partial charge in [0.05, 0.1) is 18.0 Å². The molecule has 4 rings (SSSR count). The van der Waals surface area contributed by atoms with E-state index in [2.05, 4.69) is 36.2 Å². The Morgan fingerprint density at radius 2 is 2.17 bits per heavy atom. The summed E-state index contributed by atoms with van der Waals surface area (Å²) in [4.78, 5) is 40.1. The van der Waals surface area contributed by atoms with Gasteiger partial charge >= 0.3 is 0 Å². The minimum Gasteiger partial charge on any atom is -0.342 e. The first-order valence-corrected chi connectivity index (χ1v) is 11.3. The molecule has 1 unspecified atom stereocenters. The maximum Gasteiger partial charge on any atom is 0.230 e. The Bertz CT molecular complexity index is 1030. The van der Waals surface area contributed by atoms with Crippen LogP contribution in [0.3, 0.4) is 0 Å². The summed E-state index contributed by atoms with van der Waals surface area (Å²) in [6.07, 6.45) is 6.92. The van der Waals surface area contributed by atoms with E-state index in [0.717, 1.165) is 33.6 Å². The van der Waals surface area contributed by atoms with Crippen LogP contribution in [-0.2, 0) is 16.0 Å². The first-order chi connectivity index (χ1) is 14.6. The van der Waals surface area contributed by atoms with E-state index in [9.17, 15) is 9.59 Å². The monoisotopic (exact) mass is 485 g/mol. The number of piperidine rings is 1. The molecule has 0 aliphatic carbocycles. The lowest BCUT2D eigenvalue weighted by Gasteiger charge is -2.32. The fourth-order valence-electron chi connectivity index (χ4n) is 3.37. The normalized spacial score (nSPS) is 16.3. The molecule has 1 aliphatic rings. The van der Waals surface area contributed by atoms with Crippen molar-refractivity contribution < 1.29 is 9.59 Å². The molecule has 0 radical (unpaired) electrons. The quantitative estimate of drug-likeness (QED) is 0.593. The summed E-state index contributed by atoms with van der Waals surface area (Å²) in [6.45, 7) is 1.08. The molecule has 0 aromatic carbocycles. The van der Waals surface area contributed by atoms with E-state index in [4.69, 9.17) is 0 Å². The third-order valence-electron chi connectivity index (χ3n) is 4.92. The zero-order valence-corrected chi connectivity index (χ0v) is 18.5. The highest BCUT2D eigenvalue weighted by Gasteiger charge is 2.29. The van der Waals surface area contributed by atoms with Gasteiger partial charge in [0.25, 0.3) is 0 Å². The lowest BCUT2D eigenvalue weighted by Crippen LogP contribution is -2.44. The average molecular weight is 486 g/mol. The highest BCUT2D eigenvalue weighted by atomic mass is 79.9. The number of pyridine rings is 2. The molecule has 1 atom stereocenters. The highest BCUT2D eigenvalue weighted by Crippen LogP contribution is 2.24. The van der Waals surface area contributed by atoms with Gasteiger partial charge in [-0.05, 0) is 53.0 Å². The second kappa shape index (κ2) is 9.44. The van der Waals surface area contributed by atoms with Crippen LogP contribution in [0.2, 0.25) is 0 Å². The number of amides is 2. The second-order valence-corrected chi connectivity index (χ2v) is 8.87. The van der Waals surface area contributed by atoms with Gasteiger partial charge in [-0.1, -0.05) is 0 Å². The molecule has 9 heteroatoms. The molecule has 1 N–H and O–H groups in total. The van der Waals surface area contributed by atoms with Gasteiger partial charge in [0.2, 0.25) is 11.8 Å². The van der Waals surface area contributed by atoms with E-state index in [1.54, 1.807) is 29.6 Å². The molecule has 3 aromatic rings. The van der Waals surface area contributed by atoms with Crippen LogP contribution in [0.15, 0.2) is 52.7 Å². The van der Waals surface area contributed by atoms with Crippen molar-refractivity contribution in [3.05, 3.63) is 58.4 Å². The first-order valence-electron chi connectivity index (χ1n) is 9.63. The number of aromatic nitrogens is 3. The Morgan fingerprint density at radius 3 is 2.93 bits per heavy atom. The van der Waals surface area contributed by atoms with Crippen LogP contribution in [-0.4, -0.2) is 44.8 Å². The number of carbonyl (C=O) groups excluding carboxylic acids is 2. The highest BCUT2D eigenvalue weighted by molar-refractivity contribution is 9.10. The molecular formula is C21H20BrN5O2S. The minimum atomic E-state index is -0.241. The van der Waals surface area contributed by atoms with Crippen LogP contribution in [0, 0.1) is 5.92 Å². The summed E-state index contributed by atoms with van der Waals surface area (Å²) in [5.74, 6) is 0.165. The van der Waals surface area contributed by atoms with E-state index >= 15 is 0 Å². The number of anilines is 1. The van der Waals surface area contributed by atoms with Crippen LogP contribution in [0.1, 0.15) is 18.5 Å². The van der Waals surface area contributed by atoms with Crippen LogP contribution >= 0.6 is 27.3 Å². The van der Waals surface area contributed by atoms with Crippen molar-refractivity contribution in [2.45, 2.75) is 19.3 Å². The number of halogens is 1. The molecule has 1 saturated heterocycles. The number of nitrogens with one attached hydrogen (secondary N) is 1. The molecular weight excluding hydrogens is 466 g/mol. The molecule has 154 valence electrons. The minimum absolute atomic E-state index is 0.00250. The molecule has 0 spiro atoms. The largest absolute Gasteiger partial charge is 0.342 e. The summed E-state index contributed by atoms with van der Waals surface area (Å²) >= 11 is 4.83. The SMILES string of the molecule is O=C(Nc1ccc(Br)cn1)C1CCCN(C(=O)Cc2csc(-c3cccnc3)n2)C1. The number of hydrogen-bond donors (Lipinski definition) is 1. The van der Waals surface area contributed by atoms with Crippen LogP contribution in [0.25, 0.3) is 10.6 Å². The van der Waals surface area contributed by atoms with Gasteiger partial charge in [0, 0.05) is 47.1 Å². The fourth-order valence-corrected chi connectivity index (χ4v) is 4.42. The second-order valence-electron chi connectivity index (χ2n) is 7.09. The zero-order valence-electron chi connectivity index (χ0n) is 16.1. The lowest BCUT2D eigenvalue weighted by molar-refractivity contribution is -0.134. The van der Waals surface area contributed by atoms with Crippen LogP contribution < -0.4 is 5.32 Å². The summed E-state index contributed by atoms with van der Waals surface area (Å²) in [5.41, 5.74) is 1.69. The Hall–Kier alpha value is -2.65. The summed E-state index contributed by atoms with van der Waals surface area (Å²) < 4.78 is 0.851. The van der Waals surface area contributed by atoms with Gasteiger partial charge in [0.1, 0.15) is 10.8 Å². The molecule has 3 aromatic heterocycles. The Morgan fingerprint density at radius 1 is 1.27 bits per heavy atom. The van der Waals surface area contributed by atoms with Crippen molar-refractivity contribution in [3.8, 4) is 10.6 Å². The Kier molecular flexibility index (Phi) is 6.49. The van der Waals surface area contributed by atoms with E-state index < -0.39 is 0 Å². The van der Waals surface area contributed by atoms with Gasteiger partial charge in [-0.25, -0.2) is 9.97 Å². The van der Waals surface area contributed by atoms with Crippen LogP contribution in [0.4, 0.5) is 5.82 Å². The molecule has 1 aliphatic heterocycles. The number of rotatable bonds is 5. The number of thiazole rings is 1. The summed E-state index contributed by atoms with van der Waals surface area (Å²) in [6, 6.07) is 7.39. The predicted molar refractivity (Wildman–Crippen MR) is 119 cm³/mol. The molecule has 2 amide bonds. The summed E-state index contributed by atoms with van der Waals surface area (Å²) in [7, 11) is 0. The van der Waals surface area contributed by atoms with E-state index in [0.29, 0.717) is 18.9 Å². The van der Waals surface area contributed by atoms with E-state index in [1.165, 1.54) is 11.3 Å². The molecule has 7 nitrogen and oxygen atoms in total. The van der Waals surface area contributed by atoms with Crippen molar-refractivity contribution >= 4 is 44.9 Å². The maximum absolute atomic E-state index is 12.8. The van der Waals surface area contributed by atoms with Gasteiger partial charge < -0.3 is 10.2 Å². The van der Waals surface area contributed by atoms with Crippen molar-refractivity contribution in [2.75, 3.05) is 18.4 Å². The number of hydrogen-bond acceptors (Lipinski definition) is 6. The standard InChI is InChI=1S/C21H20BrN5O2S/c22-16-5-6-18(24-11-16)26-20(29)15-4-2-8-27(12-15)19(28)9-17-13-30-21(25-17)14-3-1-7-23-10-14/h1,3,5-7,10-11,13,15H,2,4,8-9,12H2,(H,24,26,29). The third kappa shape index (κ3) is 5.09. The zero-order chi connectivity index (χ0) is 20.9. The smallest absolute Gasteiger partial charge is 0.230 e. The molecule has 1 fully saturated rings. The van der Waals surface area contributed by atoms with Gasteiger partial charge in [0.15, 0.2) is 0 Å². The third-order valence-corrected chi connectivity index (χ3v) is 6.33.